The summed E-state index contributed by atoms with van der Waals surface area (Å²) in [5.41, 5.74) is 8.97. The highest BCUT2D eigenvalue weighted by Gasteiger charge is 2.19. The van der Waals surface area contributed by atoms with Crippen LogP contribution in [0.4, 0.5) is 5.82 Å². The average Bonchev–Trinajstić information content (AvgIpc) is 2.89. The summed E-state index contributed by atoms with van der Waals surface area (Å²) in [6, 6.07) is 8.55. The molecular formula is C17H21N5O2S. The van der Waals surface area contributed by atoms with Crippen LogP contribution < -0.4 is 5.73 Å². The Morgan fingerprint density at radius 3 is 2.56 bits per heavy atom. The van der Waals surface area contributed by atoms with Crippen molar-refractivity contribution >= 4 is 21.5 Å². The first-order chi connectivity index (χ1) is 11.7. The third kappa shape index (κ3) is 2.98. The Morgan fingerprint density at radius 1 is 1.20 bits per heavy atom. The lowest BCUT2D eigenvalue weighted by Gasteiger charge is -2.12. The largest absolute Gasteiger partial charge is 0.382 e. The Morgan fingerprint density at radius 2 is 1.92 bits per heavy atom. The van der Waals surface area contributed by atoms with Gasteiger partial charge >= 0.3 is 0 Å². The molecule has 0 radical (unpaired) electrons. The third-order valence-corrected chi connectivity index (χ3v) is 5.85. The first-order valence-electron chi connectivity index (χ1n) is 7.89. The lowest BCUT2D eigenvalue weighted by atomic mass is 10.1. The molecule has 0 aliphatic carbocycles. The number of hydrogen-bond acceptors (Lipinski definition) is 5. The predicted octanol–water partition coefficient (Wildman–Crippen LogP) is 2.35. The standard InChI is InChI=1S/C17H21N5O2S/c1-11(2)15-16(18)20-22-9-8-14(19-17(15)22)12-6-5-7-13(10-12)25(23,24)21(3)4/h5-11H,1-4H3,(H2,18,20). The quantitative estimate of drug-likeness (QED) is 0.772. The Balaban J connectivity index is 2.16. The molecular weight excluding hydrogens is 338 g/mol. The first-order valence-corrected chi connectivity index (χ1v) is 9.33. The molecule has 25 heavy (non-hydrogen) atoms. The zero-order valence-corrected chi connectivity index (χ0v) is 15.4. The zero-order valence-electron chi connectivity index (χ0n) is 14.6. The SMILES string of the molecule is CC(C)c1c(N)nn2ccc(-c3cccc(S(=O)(=O)N(C)C)c3)nc12. The number of benzene rings is 1. The van der Waals surface area contributed by atoms with E-state index in [9.17, 15) is 8.42 Å². The van der Waals surface area contributed by atoms with Crippen molar-refractivity contribution < 1.29 is 8.42 Å². The van der Waals surface area contributed by atoms with Crippen molar-refractivity contribution in [1.29, 1.82) is 0 Å². The van der Waals surface area contributed by atoms with Gasteiger partial charge in [-0.05, 0) is 24.1 Å². The van der Waals surface area contributed by atoms with E-state index >= 15 is 0 Å². The van der Waals surface area contributed by atoms with Crippen molar-refractivity contribution in [1.82, 2.24) is 18.9 Å². The van der Waals surface area contributed by atoms with Crippen LogP contribution in [-0.2, 0) is 10.0 Å². The Hall–Kier alpha value is -2.45. The van der Waals surface area contributed by atoms with E-state index in [0.29, 0.717) is 17.2 Å². The van der Waals surface area contributed by atoms with Crippen LogP contribution in [0.1, 0.15) is 25.3 Å². The Kier molecular flexibility index (Phi) is 4.26. The van der Waals surface area contributed by atoms with Crippen molar-refractivity contribution in [2.24, 2.45) is 0 Å². The minimum absolute atomic E-state index is 0.181. The van der Waals surface area contributed by atoms with Crippen LogP contribution in [0.5, 0.6) is 0 Å². The van der Waals surface area contributed by atoms with Gasteiger partial charge in [0.05, 0.1) is 10.6 Å². The monoisotopic (exact) mass is 359 g/mol. The number of sulfonamides is 1. The highest BCUT2D eigenvalue weighted by Crippen LogP contribution is 2.28. The number of nitrogen functional groups attached to an aromatic ring is 1. The fourth-order valence-electron chi connectivity index (χ4n) is 2.70. The molecule has 0 unspecified atom stereocenters. The van der Waals surface area contributed by atoms with Crippen LogP contribution in [0.15, 0.2) is 41.4 Å². The maximum atomic E-state index is 12.3. The molecule has 132 valence electrons. The summed E-state index contributed by atoms with van der Waals surface area (Å²) in [4.78, 5) is 4.90. The molecule has 3 rings (SSSR count). The molecule has 0 aliphatic heterocycles. The molecule has 0 aliphatic rings. The van der Waals surface area contributed by atoms with Crippen molar-refractivity contribution in [3.63, 3.8) is 0 Å². The van der Waals surface area contributed by atoms with Crippen LogP contribution in [0.3, 0.4) is 0 Å². The topological polar surface area (TPSA) is 93.6 Å². The van der Waals surface area contributed by atoms with E-state index in [0.717, 1.165) is 11.1 Å². The molecule has 0 spiro atoms. The van der Waals surface area contributed by atoms with Crippen LogP contribution in [-0.4, -0.2) is 41.4 Å². The molecule has 8 heteroatoms. The molecule has 3 aromatic rings. The summed E-state index contributed by atoms with van der Waals surface area (Å²) in [7, 11) is -0.479. The number of aromatic nitrogens is 3. The molecule has 7 nitrogen and oxygen atoms in total. The number of fused-ring (bicyclic) bond motifs is 1. The number of hydrogen-bond donors (Lipinski definition) is 1. The highest BCUT2D eigenvalue weighted by atomic mass is 32.2. The molecule has 2 aromatic heterocycles. The normalized spacial score (nSPS) is 12.4. The van der Waals surface area contributed by atoms with E-state index in [2.05, 4.69) is 10.1 Å². The molecule has 1 aromatic carbocycles. The van der Waals surface area contributed by atoms with E-state index in [1.807, 2.05) is 19.9 Å². The summed E-state index contributed by atoms with van der Waals surface area (Å²) in [6.45, 7) is 4.07. The Labute approximate surface area is 147 Å². The number of nitrogens with two attached hydrogens (primary N) is 1. The van der Waals surface area contributed by atoms with Gasteiger partial charge in [-0.3, -0.25) is 0 Å². The van der Waals surface area contributed by atoms with Gasteiger partial charge in [-0.25, -0.2) is 22.2 Å². The molecule has 0 amide bonds. The summed E-state index contributed by atoms with van der Waals surface area (Å²) >= 11 is 0. The maximum absolute atomic E-state index is 12.3. The highest BCUT2D eigenvalue weighted by molar-refractivity contribution is 7.89. The van der Waals surface area contributed by atoms with Crippen LogP contribution >= 0.6 is 0 Å². The van der Waals surface area contributed by atoms with Gasteiger partial charge in [0.25, 0.3) is 0 Å². The molecule has 0 fully saturated rings. The van der Waals surface area contributed by atoms with Gasteiger partial charge in [0.1, 0.15) is 0 Å². The second-order valence-corrected chi connectivity index (χ2v) is 8.50. The second kappa shape index (κ2) is 6.12. The molecule has 0 atom stereocenters. The van der Waals surface area contributed by atoms with Crippen molar-refractivity contribution in [2.75, 3.05) is 19.8 Å². The molecule has 0 saturated carbocycles. The minimum atomic E-state index is -3.50. The van der Waals surface area contributed by atoms with Crippen molar-refractivity contribution in [3.8, 4) is 11.3 Å². The van der Waals surface area contributed by atoms with Gasteiger partial charge in [0, 0.05) is 31.4 Å². The van der Waals surface area contributed by atoms with E-state index < -0.39 is 10.0 Å². The lowest BCUT2D eigenvalue weighted by molar-refractivity contribution is 0.521. The average molecular weight is 359 g/mol. The fourth-order valence-corrected chi connectivity index (χ4v) is 3.65. The minimum Gasteiger partial charge on any atom is -0.382 e. The van der Waals surface area contributed by atoms with Gasteiger partial charge < -0.3 is 5.73 Å². The lowest BCUT2D eigenvalue weighted by Crippen LogP contribution is -2.22. The summed E-state index contributed by atoms with van der Waals surface area (Å²) in [5.74, 6) is 0.643. The van der Waals surface area contributed by atoms with E-state index in [1.165, 1.54) is 18.4 Å². The van der Waals surface area contributed by atoms with E-state index in [1.54, 1.807) is 35.0 Å². The molecule has 0 saturated heterocycles. The first kappa shape index (κ1) is 17.4. The van der Waals surface area contributed by atoms with Gasteiger partial charge in [-0.15, -0.1) is 5.10 Å². The van der Waals surface area contributed by atoms with E-state index in [-0.39, 0.29) is 10.8 Å². The number of rotatable bonds is 4. The van der Waals surface area contributed by atoms with E-state index in [4.69, 9.17) is 5.73 Å². The van der Waals surface area contributed by atoms with Crippen LogP contribution in [0.2, 0.25) is 0 Å². The summed E-state index contributed by atoms with van der Waals surface area (Å²) < 4.78 is 27.5. The van der Waals surface area contributed by atoms with Crippen molar-refractivity contribution in [3.05, 3.63) is 42.1 Å². The van der Waals surface area contributed by atoms with Gasteiger partial charge in [0.15, 0.2) is 11.5 Å². The number of nitrogens with zero attached hydrogens (tertiary/aromatic N) is 4. The summed E-state index contributed by atoms with van der Waals surface area (Å²) in [5, 5.41) is 4.28. The molecule has 2 heterocycles. The second-order valence-electron chi connectivity index (χ2n) is 6.35. The van der Waals surface area contributed by atoms with Crippen LogP contribution in [0, 0.1) is 0 Å². The van der Waals surface area contributed by atoms with Gasteiger partial charge in [-0.2, -0.15) is 0 Å². The Bertz CT molecular complexity index is 1040. The van der Waals surface area contributed by atoms with Crippen LogP contribution in [0.25, 0.3) is 16.9 Å². The van der Waals surface area contributed by atoms with Crippen molar-refractivity contribution in [2.45, 2.75) is 24.7 Å². The summed E-state index contributed by atoms with van der Waals surface area (Å²) in [6.07, 6.45) is 1.78. The maximum Gasteiger partial charge on any atom is 0.242 e. The number of anilines is 1. The third-order valence-electron chi connectivity index (χ3n) is 4.04. The predicted molar refractivity (Wildman–Crippen MR) is 97.8 cm³/mol. The van der Waals surface area contributed by atoms with Gasteiger partial charge in [0.2, 0.25) is 10.0 Å². The molecule has 0 bridgehead atoms. The smallest absolute Gasteiger partial charge is 0.242 e. The zero-order chi connectivity index (χ0) is 18.4. The van der Waals surface area contributed by atoms with Gasteiger partial charge in [-0.1, -0.05) is 26.0 Å². The fraction of sp³-hybridized carbons (Fsp3) is 0.294. The molecule has 2 N–H and O–H groups in total.